The predicted octanol–water partition coefficient (Wildman–Crippen LogP) is 4.88. The number of nitrogens with one attached hydrogen (secondary N) is 1. The molecule has 0 fully saturated rings. The second-order valence-corrected chi connectivity index (χ2v) is 9.53. The van der Waals surface area contributed by atoms with Crippen molar-refractivity contribution in [2.24, 2.45) is 0 Å². The first kappa shape index (κ1) is 32.0. The standard InChI is InChI=1S/C18H39N.C4H6O7S/c1-3-5-7-9-11-13-15-17-19-18-16-14-12-10-8-6-4-2;5-3(6)1-2(4(7)8)12(9,10)11/h19H,3-18H2,1-2H3;2H,1H2,(H,5,6)(H,7,8)(H,9,10,11). The van der Waals surface area contributed by atoms with Gasteiger partial charge in [-0.15, -0.1) is 0 Å². The molecule has 0 radical (unpaired) electrons. The predicted molar refractivity (Wildman–Crippen MR) is 124 cm³/mol. The van der Waals surface area contributed by atoms with Crippen LogP contribution in [-0.4, -0.2) is 53.5 Å². The zero-order valence-corrected chi connectivity index (χ0v) is 20.3. The van der Waals surface area contributed by atoms with Gasteiger partial charge >= 0.3 is 11.9 Å². The first-order chi connectivity index (χ1) is 14.7. The van der Waals surface area contributed by atoms with Crippen LogP contribution in [-0.2, 0) is 19.7 Å². The molecule has 0 aromatic rings. The molecule has 0 heterocycles. The Bertz CT molecular complexity index is 522. The molecule has 0 aliphatic carbocycles. The average molecular weight is 468 g/mol. The quantitative estimate of drug-likeness (QED) is 0.147. The fraction of sp³-hybridized carbons (Fsp3) is 0.909. The van der Waals surface area contributed by atoms with E-state index in [0.717, 1.165) is 0 Å². The minimum atomic E-state index is -4.84. The van der Waals surface area contributed by atoms with Gasteiger partial charge in [-0.3, -0.25) is 14.1 Å². The van der Waals surface area contributed by atoms with E-state index in [1.54, 1.807) is 0 Å². The molecular weight excluding hydrogens is 422 g/mol. The Morgan fingerprint density at radius 1 is 0.710 bits per heavy atom. The first-order valence-electron chi connectivity index (χ1n) is 11.8. The smallest absolute Gasteiger partial charge is 0.325 e. The summed E-state index contributed by atoms with van der Waals surface area (Å²) in [6, 6.07) is 0. The summed E-state index contributed by atoms with van der Waals surface area (Å²) in [7, 11) is -4.84. The van der Waals surface area contributed by atoms with E-state index >= 15 is 0 Å². The molecule has 0 aliphatic rings. The van der Waals surface area contributed by atoms with Crippen molar-refractivity contribution in [3.8, 4) is 0 Å². The van der Waals surface area contributed by atoms with Gasteiger partial charge in [-0.1, -0.05) is 90.9 Å². The summed E-state index contributed by atoms with van der Waals surface area (Å²) in [6.45, 7) is 7.05. The van der Waals surface area contributed by atoms with Crippen molar-refractivity contribution in [1.82, 2.24) is 5.32 Å². The zero-order chi connectivity index (χ0) is 24.0. The maximum absolute atomic E-state index is 10.2. The van der Waals surface area contributed by atoms with Gasteiger partial charge in [0.05, 0.1) is 6.42 Å². The second-order valence-electron chi connectivity index (χ2n) is 7.93. The second kappa shape index (κ2) is 22.0. The summed E-state index contributed by atoms with van der Waals surface area (Å²) >= 11 is 0. The van der Waals surface area contributed by atoms with E-state index in [1.165, 1.54) is 103 Å². The number of hydrogen-bond donors (Lipinski definition) is 4. The Morgan fingerprint density at radius 2 is 1.06 bits per heavy atom. The Balaban J connectivity index is 0. The average Bonchev–Trinajstić information content (AvgIpc) is 2.68. The van der Waals surface area contributed by atoms with Crippen LogP contribution in [0.15, 0.2) is 0 Å². The van der Waals surface area contributed by atoms with Crippen LogP contribution in [0.3, 0.4) is 0 Å². The highest BCUT2D eigenvalue weighted by Gasteiger charge is 2.33. The van der Waals surface area contributed by atoms with Crippen LogP contribution >= 0.6 is 0 Å². The normalized spacial score (nSPS) is 12.1. The topological polar surface area (TPSA) is 141 Å². The van der Waals surface area contributed by atoms with Crippen LogP contribution in [0.2, 0.25) is 0 Å². The van der Waals surface area contributed by atoms with E-state index in [0.29, 0.717) is 0 Å². The van der Waals surface area contributed by atoms with Gasteiger partial charge < -0.3 is 15.5 Å². The van der Waals surface area contributed by atoms with E-state index in [1.807, 2.05) is 0 Å². The Morgan fingerprint density at radius 3 is 1.32 bits per heavy atom. The zero-order valence-electron chi connectivity index (χ0n) is 19.5. The highest BCUT2D eigenvalue weighted by atomic mass is 32.2. The lowest BCUT2D eigenvalue weighted by Gasteiger charge is -2.05. The van der Waals surface area contributed by atoms with Gasteiger partial charge in [0.15, 0.2) is 5.25 Å². The summed E-state index contributed by atoms with van der Waals surface area (Å²) in [6.07, 6.45) is 18.7. The van der Waals surface area contributed by atoms with Gasteiger partial charge in [0.25, 0.3) is 10.1 Å². The lowest BCUT2D eigenvalue weighted by Crippen LogP contribution is -2.31. The van der Waals surface area contributed by atoms with Gasteiger partial charge in [-0.05, 0) is 25.9 Å². The highest BCUT2D eigenvalue weighted by Crippen LogP contribution is 2.07. The van der Waals surface area contributed by atoms with Gasteiger partial charge in [-0.25, -0.2) is 0 Å². The molecule has 0 aromatic heterocycles. The van der Waals surface area contributed by atoms with E-state index in [4.69, 9.17) is 14.8 Å². The Kier molecular flexibility index (Phi) is 22.7. The molecule has 0 saturated carbocycles. The fourth-order valence-electron chi connectivity index (χ4n) is 3.02. The number of carboxylic acids is 2. The Hall–Kier alpha value is -1.19. The molecule has 4 N–H and O–H groups in total. The van der Waals surface area contributed by atoms with E-state index in [9.17, 15) is 18.0 Å². The number of unbranched alkanes of at least 4 members (excludes halogenated alkanes) is 12. The third-order valence-electron chi connectivity index (χ3n) is 4.91. The molecule has 0 rings (SSSR count). The van der Waals surface area contributed by atoms with Crippen LogP contribution < -0.4 is 5.32 Å². The lowest BCUT2D eigenvalue weighted by atomic mass is 10.1. The molecule has 0 spiro atoms. The Labute approximate surface area is 188 Å². The van der Waals surface area contributed by atoms with Crippen molar-refractivity contribution in [1.29, 1.82) is 0 Å². The summed E-state index contributed by atoms with van der Waals surface area (Å²) in [5, 5.41) is 17.5. The van der Waals surface area contributed by atoms with Crippen molar-refractivity contribution >= 4 is 22.1 Å². The van der Waals surface area contributed by atoms with Crippen molar-refractivity contribution in [2.45, 2.75) is 115 Å². The van der Waals surface area contributed by atoms with E-state index in [-0.39, 0.29) is 0 Å². The van der Waals surface area contributed by atoms with Crippen molar-refractivity contribution in [3.05, 3.63) is 0 Å². The maximum atomic E-state index is 10.2. The molecule has 0 amide bonds. The molecule has 0 bridgehead atoms. The molecule has 1 unspecified atom stereocenters. The fourth-order valence-corrected chi connectivity index (χ4v) is 3.63. The van der Waals surface area contributed by atoms with Crippen LogP contribution in [0.25, 0.3) is 0 Å². The molecule has 8 nitrogen and oxygen atoms in total. The molecule has 9 heteroatoms. The molecule has 0 aliphatic heterocycles. The minimum absolute atomic E-state index is 1.16. The summed E-state index contributed by atoms with van der Waals surface area (Å²) < 4.78 is 28.7. The van der Waals surface area contributed by atoms with Crippen LogP contribution in [0.1, 0.15) is 110 Å². The van der Waals surface area contributed by atoms with Crippen molar-refractivity contribution < 1.29 is 32.8 Å². The van der Waals surface area contributed by atoms with Crippen LogP contribution in [0.4, 0.5) is 0 Å². The highest BCUT2D eigenvalue weighted by molar-refractivity contribution is 7.87. The molecule has 1 atom stereocenters. The molecule has 186 valence electrons. The van der Waals surface area contributed by atoms with Crippen LogP contribution in [0.5, 0.6) is 0 Å². The number of carbonyl (C=O) groups is 2. The summed E-state index contributed by atoms with van der Waals surface area (Å²) in [4.78, 5) is 20.0. The maximum Gasteiger partial charge on any atom is 0.325 e. The molecule has 31 heavy (non-hydrogen) atoms. The van der Waals surface area contributed by atoms with Crippen LogP contribution in [0, 0.1) is 0 Å². The number of rotatable bonds is 20. The minimum Gasteiger partial charge on any atom is -0.481 e. The first-order valence-corrected chi connectivity index (χ1v) is 13.3. The van der Waals surface area contributed by atoms with Gasteiger partial charge in [0.1, 0.15) is 0 Å². The summed E-state index contributed by atoms with van der Waals surface area (Å²) in [5.41, 5.74) is 0. The van der Waals surface area contributed by atoms with Gasteiger partial charge in [0, 0.05) is 0 Å². The number of aliphatic carboxylic acids is 2. The SMILES string of the molecule is CCCCCCCCCNCCCCCCCCC.O=C(O)CC(C(=O)O)S(=O)(=O)O. The van der Waals surface area contributed by atoms with Gasteiger partial charge in [-0.2, -0.15) is 8.42 Å². The molecule has 0 aromatic carbocycles. The third-order valence-corrected chi connectivity index (χ3v) is 6.00. The number of hydrogen-bond acceptors (Lipinski definition) is 5. The lowest BCUT2D eigenvalue weighted by molar-refractivity contribution is -0.143. The largest absolute Gasteiger partial charge is 0.481 e. The van der Waals surface area contributed by atoms with Crippen molar-refractivity contribution in [2.75, 3.05) is 13.1 Å². The van der Waals surface area contributed by atoms with Gasteiger partial charge in [0.2, 0.25) is 0 Å². The monoisotopic (exact) mass is 467 g/mol. The van der Waals surface area contributed by atoms with E-state index < -0.39 is 33.7 Å². The molecule has 0 saturated heterocycles. The molecular formula is C22H45NO7S. The summed E-state index contributed by atoms with van der Waals surface area (Å²) in [5.74, 6) is -3.50. The third kappa shape index (κ3) is 24.9. The number of carboxylic acid groups (broad SMARTS) is 2. The van der Waals surface area contributed by atoms with E-state index in [2.05, 4.69) is 19.2 Å². The van der Waals surface area contributed by atoms with Crippen molar-refractivity contribution in [3.63, 3.8) is 0 Å².